The second-order valence-electron chi connectivity index (χ2n) is 5.42. The largest absolute Gasteiger partial charge is 0.477 e. The Hall–Kier alpha value is -2.28. The van der Waals surface area contributed by atoms with E-state index in [-0.39, 0.29) is 32.7 Å². The van der Waals surface area contributed by atoms with Gasteiger partial charge in [-0.05, 0) is 24.3 Å². The number of aromatic carboxylic acids is 1. The van der Waals surface area contributed by atoms with Gasteiger partial charge in [0.2, 0.25) is 5.91 Å². The van der Waals surface area contributed by atoms with E-state index in [1.807, 2.05) is 0 Å². The molecule has 1 heterocycles. The molecule has 0 unspecified atom stereocenters. The molecule has 3 rings (SSSR count). The van der Waals surface area contributed by atoms with Crippen molar-refractivity contribution in [2.24, 2.45) is 0 Å². The lowest BCUT2D eigenvalue weighted by molar-refractivity contribution is -0.115. The third kappa shape index (κ3) is 3.49. The zero-order chi connectivity index (χ0) is 19.0. The van der Waals surface area contributed by atoms with Crippen molar-refractivity contribution < 1.29 is 19.1 Å². The summed E-state index contributed by atoms with van der Waals surface area (Å²) in [5, 5.41) is 12.7. The first-order chi connectivity index (χ1) is 12.3. The number of fused-ring (bicyclic) bond motifs is 1. The number of carboxylic acid groups (broad SMARTS) is 1. The number of nitrogens with one attached hydrogen (secondary N) is 2. The maximum absolute atomic E-state index is 13.2. The van der Waals surface area contributed by atoms with E-state index in [1.165, 1.54) is 18.2 Å². The van der Waals surface area contributed by atoms with Crippen LogP contribution in [0.2, 0.25) is 15.1 Å². The second kappa shape index (κ2) is 7.15. The number of aromatic amines is 1. The Kier molecular flexibility index (Phi) is 5.09. The summed E-state index contributed by atoms with van der Waals surface area (Å²) in [4.78, 5) is 26.5. The van der Waals surface area contributed by atoms with Crippen molar-refractivity contribution in [2.75, 3.05) is 5.32 Å². The van der Waals surface area contributed by atoms with E-state index in [9.17, 15) is 19.1 Å². The van der Waals surface area contributed by atoms with Crippen LogP contribution in [0.15, 0.2) is 30.3 Å². The zero-order valence-corrected chi connectivity index (χ0v) is 15.1. The molecule has 9 heteroatoms. The Bertz CT molecular complexity index is 1050. The fraction of sp³-hybridized carbons (Fsp3) is 0.0588. The average Bonchev–Trinajstić information content (AvgIpc) is 2.94. The molecule has 3 aromatic rings. The van der Waals surface area contributed by atoms with Crippen LogP contribution in [0.5, 0.6) is 0 Å². The predicted octanol–water partition coefficient (Wildman–Crippen LogP) is 5.15. The summed E-state index contributed by atoms with van der Waals surface area (Å²) in [6.45, 7) is 0. The number of benzene rings is 2. The van der Waals surface area contributed by atoms with Gasteiger partial charge in [-0.3, -0.25) is 4.79 Å². The second-order valence-corrected chi connectivity index (χ2v) is 6.61. The summed E-state index contributed by atoms with van der Waals surface area (Å²) in [6.07, 6.45) is -0.241. The Balaban J connectivity index is 1.95. The Morgan fingerprint density at radius 3 is 2.50 bits per heavy atom. The van der Waals surface area contributed by atoms with Gasteiger partial charge in [-0.1, -0.05) is 40.9 Å². The molecule has 0 fully saturated rings. The highest BCUT2D eigenvalue weighted by atomic mass is 35.5. The van der Waals surface area contributed by atoms with E-state index >= 15 is 0 Å². The number of aromatic nitrogens is 1. The van der Waals surface area contributed by atoms with Crippen molar-refractivity contribution >= 4 is 63.3 Å². The van der Waals surface area contributed by atoms with Crippen molar-refractivity contribution in [1.29, 1.82) is 0 Å². The van der Waals surface area contributed by atoms with Crippen LogP contribution in [-0.4, -0.2) is 22.0 Å². The highest BCUT2D eigenvalue weighted by molar-refractivity contribution is 6.45. The monoisotopic (exact) mass is 414 g/mol. The molecule has 0 aliphatic heterocycles. The zero-order valence-electron chi connectivity index (χ0n) is 12.9. The molecule has 0 radical (unpaired) electrons. The lowest BCUT2D eigenvalue weighted by Gasteiger charge is -2.07. The van der Waals surface area contributed by atoms with Gasteiger partial charge in [0, 0.05) is 16.6 Å². The van der Waals surface area contributed by atoms with Gasteiger partial charge in [0.25, 0.3) is 0 Å². The molecule has 0 bridgehead atoms. The molecule has 5 nitrogen and oxygen atoms in total. The van der Waals surface area contributed by atoms with Gasteiger partial charge in [0.1, 0.15) is 11.5 Å². The molecule has 0 aliphatic rings. The summed E-state index contributed by atoms with van der Waals surface area (Å²) in [5.74, 6) is -2.34. The normalized spacial score (nSPS) is 10.9. The minimum absolute atomic E-state index is 0.137. The smallest absolute Gasteiger partial charge is 0.352 e. The summed E-state index contributed by atoms with van der Waals surface area (Å²) in [6, 6.07) is 6.84. The van der Waals surface area contributed by atoms with Gasteiger partial charge in [-0.25, -0.2) is 9.18 Å². The number of hydrogen-bond donors (Lipinski definition) is 3. The minimum Gasteiger partial charge on any atom is -0.477 e. The fourth-order valence-electron chi connectivity index (χ4n) is 2.57. The topological polar surface area (TPSA) is 82.2 Å². The van der Waals surface area contributed by atoms with Crippen LogP contribution >= 0.6 is 34.8 Å². The molecule has 0 spiro atoms. The van der Waals surface area contributed by atoms with Crippen molar-refractivity contribution in [3.8, 4) is 0 Å². The van der Waals surface area contributed by atoms with Crippen LogP contribution in [0, 0.1) is 5.82 Å². The molecular formula is C17H10Cl3FN2O3. The van der Waals surface area contributed by atoms with E-state index in [2.05, 4.69) is 10.3 Å². The van der Waals surface area contributed by atoms with Crippen LogP contribution in [0.1, 0.15) is 16.1 Å². The highest BCUT2D eigenvalue weighted by Gasteiger charge is 2.21. The third-order valence-corrected chi connectivity index (χ3v) is 4.82. The van der Waals surface area contributed by atoms with Crippen LogP contribution in [0.25, 0.3) is 10.9 Å². The first-order valence-electron chi connectivity index (χ1n) is 7.24. The number of rotatable bonds is 4. The summed E-state index contributed by atoms with van der Waals surface area (Å²) >= 11 is 17.7. The molecule has 134 valence electrons. The van der Waals surface area contributed by atoms with Gasteiger partial charge in [0.05, 0.1) is 27.0 Å². The maximum Gasteiger partial charge on any atom is 0.352 e. The van der Waals surface area contributed by atoms with Gasteiger partial charge in [-0.2, -0.15) is 0 Å². The summed E-state index contributed by atoms with van der Waals surface area (Å²) < 4.78 is 13.2. The van der Waals surface area contributed by atoms with Gasteiger partial charge in [0.15, 0.2) is 0 Å². The molecular weight excluding hydrogens is 406 g/mol. The molecule has 0 saturated carbocycles. The number of hydrogen-bond acceptors (Lipinski definition) is 2. The van der Waals surface area contributed by atoms with E-state index < -0.39 is 17.7 Å². The van der Waals surface area contributed by atoms with Crippen molar-refractivity contribution in [3.05, 3.63) is 62.5 Å². The maximum atomic E-state index is 13.2. The molecule has 0 atom stereocenters. The van der Waals surface area contributed by atoms with Crippen molar-refractivity contribution in [3.63, 3.8) is 0 Å². The first-order valence-corrected chi connectivity index (χ1v) is 8.38. The van der Waals surface area contributed by atoms with Crippen LogP contribution in [0.3, 0.4) is 0 Å². The van der Waals surface area contributed by atoms with E-state index in [0.717, 1.165) is 6.07 Å². The average molecular weight is 416 g/mol. The molecule has 0 saturated heterocycles. The lowest BCUT2D eigenvalue weighted by Crippen LogP contribution is -2.16. The highest BCUT2D eigenvalue weighted by Crippen LogP contribution is 2.34. The first kappa shape index (κ1) is 18.5. The van der Waals surface area contributed by atoms with Gasteiger partial charge < -0.3 is 15.4 Å². The number of amides is 1. The van der Waals surface area contributed by atoms with Crippen LogP contribution in [0.4, 0.5) is 10.1 Å². The molecule has 0 aliphatic carbocycles. The molecule has 1 amide bonds. The quantitative estimate of drug-likeness (QED) is 0.551. The Morgan fingerprint density at radius 1 is 1.12 bits per heavy atom. The molecule has 26 heavy (non-hydrogen) atoms. The fourth-order valence-corrected chi connectivity index (χ4v) is 3.12. The van der Waals surface area contributed by atoms with Crippen molar-refractivity contribution in [1.82, 2.24) is 4.98 Å². The van der Waals surface area contributed by atoms with Crippen molar-refractivity contribution in [2.45, 2.75) is 6.42 Å². The van der Waals surface area contributed by atoms with Gasteiger partial charge in [-0.15, -0.1) is 0 Å². The summed E-state index contributed by atoms with van der Waals surface area (Å²) in [5.41, 5.74) is 0.733. The van der Waals surface area contributed by atoms with E-state index in [1.54, 1.807) is 6.07 Å². The van der Waals surface area contributed by atoms with E-state index in [0.29, 0.717) is 16.6 Å². The predicted molar refractivity (Wildman–Crippen MR) is 99.0 cm³/mol. The number of halogens is 4. The summed E-state index contributed by atoms with van der Waals surface area (Å²) in [7, 11) is 0. The number of carboxylic acids is 1. The number of carbonyl (C=O) groups is 2. The number of carbonyl (C=O) groups excluding carboxylic acids is 1. The van der Waals surface area contributed by atoms with Crippen LogP contribution < -0.4 is 5.32 Å². The lowest BCUT2D eigenvalue weighted by atomic mass is 10.1. The Labute approximate surface area is 161 Å². The molecule has 1 aromatic heterocycles. The standard InChI is InChI=1S/C17H10Cl3FN2O3/c18-10-3-2-8-9(16(17(25)26)23-15(8)14(10)20)6-13(24)22-7-1-4-12(21)11(19)5-7/h1-5,23H,6H2,(H,22,24)(H,25,26). The van der Waals surface area contributed by atoms with Crippen LogP contribution in [-0.2, 0) is 11.2 Å². The van der Waals surface area contributed by atoms with Gasteiger partial charge >= 0.3 is 5.97 Å². The molecule has 2 aromatic carbocycles. The number of anilines is 1. The SMILES string of the molecule is O=C(Cc1c(C(=O)O)[nH]c2c(Cl)c(Cl)ccc12)Nc1ccc(F)c(Cl)c1. The third-order valence-electron chi connectivity index (χ3n) is 3.73. The Morgan fingerprint density at radius 2 is 1.85 bits per heavy atom. The van der Waals surface area contributed by atoms with E-state index in [4.69, 9.17) is 34.8 Å². The number of H-pyrrole nitrogens is 1. The minimum atomic E-state index is -1.24. The molecule has 3 N–H and O–H groups in total.